The molecule has 0 spiro atoms. The third kappa shape index (κ3) is 5.17. The van der Waals surface area contributed by atoms with E-state index in [1.165, 1.54) is 34.4 Å². The fourth-order valence-electron chi connectivity index (χ4n) is 3.21. The molecule has 0 unspecified atom stereocenters. The first kappa shape index (κ1) is 20.0. The highest BCUT2D eigenvalue weighted by atomic mass is 16.6. The number of nitrogens with zero attached hydrogens (tertiary/aromatic N) is 2. The first-order chi connectivity index (χ1) is 13.9. The summed E-state index contributed by atoms with van der Waals surface area (Å²) in [6, 6.07) is 20.4. The van der Waals surface area contributed by atoms with Gasteiger partial charge in [-0.2, -0.15) is 5.10 Å². The molecule has 0 saturated heterocycles. The molecule has 29 heavy (non-hydrogen) atoms. The second-order valence-electron chi connectivity index (χ2n) is 6.92. The van der Waals surface area contributed by atoms with E-state index in [9.17, 15) is 10.1 Å². The van der Waals surface area contributed by atoms with E-state index in [4.69, 9.17) is 0 Å². The summed E-state index contributed by atoms with van der Waals surface area (Å²) in [5.74, 6) is 0. The molecule has 0 radical (unpaired) electrons. The van der Waals surface area contributed by atoms with Gasteiger partial charge in [0.1, 0.15) is 0 Å². The highest BCUT2D eigenvalue weighted by Crippen LogP contribution is 2.19. The highest BCUT2D eigenvalue weighted by Gasteiger charge is 2.05. The van der Waals surface area contributed by atoms with E-state index in [1.54, 1.807) is 12.1 Å². The van der Waals surface area contributed by atoms with Crippen LogP contribution in [0.3, 0.4) is 0 Å². The van der Waals surface area contributed by atoms with Crippen LogP contribution in [0, 0.1) is 30.9 Å². The van der Waals surface area contributed by atoms with Gasteiger partial charge < -0.3 is 0 Å². The van der Waals surface area contributed by atoms with Gasteiger partial charge in [0.15, 0.2) is 0 Å². The van der Waals surface area contributed by atoms with Gasteiger partial charge in [0.05, 0.1) is 16.3 Å². The van der Waals surface area contributed by atoms with Crippen molar-refractivity contribution in [2.75, 3.05) is 5.43 Å². The third-order valence-electron chi connectivity index (χ3n) is 4.60. The van der Waals surface area contributed by atoms with Crippen molar-refractivity contribution in [2.45, 2.75) is 20.8 Å². The van der Waals surface area contributed by atoms with E-state index in [1.807, 2.05) is 36.4 Å². The van der Waals surface area contributed by atoms with Gasteiger partial charge in [0.25, 0.3) is 5.69 Å². The Labute approximate surface area is 170 Å². The maximum atomic E-state index is 10.8. The lowest BCUT2D eigenvalue weighted by Crippen LogP contribution is -2.02. The number of hydrogen-bond acceptors (Lipinski definition) is 4. The van der Waals surface area contributed by atoms with Crippen LogP contribution in [0.15, 0.2) is 77.9 Å². The molecule has 3 rings (SSSR count). The van der Waals surface area contributed by atoms with Crippen LogP contribution in [0.1, 0.15) is 27.8 Å². The molecule has 5 nitrogen and oxygen atoms in total. The van der Waals surface area contributed by atoms with Crippen LogP contribution in [0.4, 0.5) is 11.4 Å². The fourth-order valence-corrected chi connectivity index (χ4v) is 3.21. The molecule has 0 bridgehead atoms. The maximum Gasteiger partial charge on any atom is 0.269 e. The summed E-state index contributed by atoms with van der Waals surface area (Å²) in [5, 5.41) is 15.3. The van der Waals surface area contributed by atoms with E-state index in [2.05, 4.69) is 49.5 Å². The Morgan fingerprint density at radius 2 is 1.59 bits per heavy atom. The normalized spacial score (nSPS) is 11.6. The van der Waals surface area contributed by atoms with Crippen molar-refractivity contribution in [1.29, 1.82) is 0 Å². The van der Waals surface area contributed by atoms with Crippen molar-refractivity contribution < 1.29 is 4.92 Å². The van der Waals surface area contributed by atoms with Crippen LogP contribution in [-0.4, -0.2) is 10.6 Å². The van der Waals surface area contributed by atoms with Crippen LogP contribution in [0.25, 0.3) is 6.08 Å². The molecule has 0 heterocycles. The zero-order valence-corrected chi connectivity index (χ0v) is 16.7. The van der Waals surface area contributed by atoms with Crippen molar-refractivity contribution >= 4 is 23.2 Å². The standard InChI is InChI=1S/C24H23N3O2/c1-17-15-18(2)23(19(3)16-17)13-14-24(20-7-5-4-6-8-20)26-25-21-9-11-22(12-10-21)27(28)29/h4-16,25H,1-3H3/b14-13+,26-24+. The van der Waals surface area contributed by atoms with Crippen molar-refractivity contribution in [1.82, 2.24) is 0 Å². The van der Waals surface area contributed by atoms with E-state index >= 15 is 0 Å². The molecule has 3 aromatic carbocycles. The van der Waals surface area contributed by atoms with Crippen LogP contribution in [0.2, 0.25) is 0 Å². The smallest absolute Gasteiger partial charge is 0.269 e. The zero-order chi connectivity index (χ0) is 20.8. The first-order valence-electron chi connectivity index (χ1n) is 9.33. The molecule has 1 N–H and O–H groups in total. The maximum absolute atomic E-state index is 10.8. The van der Waals surface area contributed by atoms with Gasteiger partial charge in [-0.15, -0.1) is 0 Å². The second kappa shape index (κ2) is 8.97. The lowest BCUT2D eigenvalue weighted by atomic mass is 9.98. The Bertz CT molecular complexity index is 1050. The molecule has 0 amide bonds. The number of benzene rings is 3. The summed E-state index contributed by atoms with van der Waals surface area (Å²) in [5.41, 5.74) is 10.3. The molecular weight excluding hydrogens is 362 g/mol. The number of aryl methyl sites for hydroxylation is 3. The molecule has 3 aromatic rings. The largest absolute Gasteiger partial charge is 0.278 e. The minimum Gasteiger partial charge on any atom is -0.278 e. The van der Waals surface area contributed by atoms with Gasteiger partial charge in [-0.1, -0.05) is 54.1 Å². The summed E-state index contributed by atoms with van der Waals surface area (Å²) >= 11 is 0. The fraction of sp³-hybridized carbons (Fsp3) is 0.125. The number of rotatable bonds is 6. The van der Waals surface area contributed by atoms with Crippen molar-refractivity contribution in [3.63, 3.8) is 0 Å². The predicted octanol–water partition coefficient (Wildman–Crippen LogP) is 6.05. The molecule has 0 aliphatic carbocycles. The molecule has 5 heteroatoms. The van der Waals surface area contributed by atoms with Crippen molar-refractivity contribution in [3.8, 4) is 0 Å². The summed E-state index contributed by atoms with van der Waals surface area (Å²) in [6.45, 7) is 6.31. The number of non-ortho nitro benzene ring substituents is 1. The molecule has 0 fully saturated rings. The number of nitrogens with one attached hydrogen (secondary N) is 1. The Morgan fingerprint density at radius 3 is 2.17 bits per heavy atom. The Balaban J connectivity index is 1.91. The predicted molar refractivity (Wildman–Crippen MR) is 119 cm³/mol. The molecule has 0 aromatic heterocycles. The van der Waals surface area contributed by atoms with Crippen LogP contribution < -0.4 is 5.43 Å². The number of nitro benzene ring substituents is 1. The number of anilines is 1. The monoisotopic (exact) mass is 385 g/mol. The minimum absolute atomic E-state index is 0.0491. The van der Waals surface area contributed by atoms with E-state index in [0.29, 0.717) is 5.69 Å². The SMILES string of the molecule is Cc1cc(C)c(/C=C/C(=N\Nc2ccc([N+](=O)[O-])cc2)c2ccccc2)c(C)c1. The molecule has 0 atom stereocenters. The van der Waals surface area contributed by atoms with Crippen LogP contribution >= 0.6 is 0 Å². The second-order valence-corrected chi connectivity index (χ2v) is 6.92. The third-order valence-corrected chi connectivity index (χ3v) is 4.60. The van der Waals surface area contributed by atoms with Gasteiger partial charge in [0, 0.05) is 17.7 Å². The van der Waals surface area contributed by atoms with Crippen LogP contribution in [-0.2, 0) is 0 Å². The van der Waals surface area contributed by atoms with Gasteiger partial charge in [-0.05, 0) is 55.7 Å². The number of allylic oxidation sites excluding steroid dienone is 1. The number of hydrogen-bond donors (Lipinski definition) is 1. The average Bonchev–Trinajstić information content (AvgIpc) is 2.70. The van der Waals surface area contributed by atoms with Crippen molar-refractivity contribution in [3.05, 3.63) is 111 Å². The Morgan fingerprint density at radius 1 is 0.966 bits per heavy atom. The average molecular weight is 385 g/mol. The lowest BCUT2D eigenvalue weighted by Gasteiger charge is -2.08. The van der Waals surface area contributed by atoms with E-state index in [-0.39, 0.29) is 5.69 Å². The van der Waals surface area contributed by atoms with Gasteiger partial charge in [0.2, 0.25) is 0 Å². The summed E-state index contributed by atoms with van der Waals surface area (Å²) in [7, 11) is 0. The Hall–Kier alpha value is -3.73. The zero-order valence-electron chi connectivity index (χ0n) is 16.7. The lowest BCUT2D eigenvalue weighted by molar-refractivity contribution is -0.384. The summed E-state index contributed by atoms with van der Waals surface area (Å²) in [6.07, 6.45) is 4.06. The molecular formula is C24H23N3O2. The summed E-state index contributed by atoms with van der Waals surface area (Å²) in [4.78, 5) is 10.4. The molecule has 0 aliphatic rings. The van der Waals surface area contributed by atoms with E-state index in [0.717, 1.165) is 11.3 Å². The van der Waals surface area contributed by atoms with Gasteiger partial charge in [-0.25, -0.2) is 0 Å². The number of hydrazone groups is 1. The minimum atomic E-state index is -0.419. The van der Waals surface area contributed by atoms with Gasteiger partial charge in [-0.3, -0.25) is 15.5 Å². The van der Waals surface area contributed by atoms with Gasteiger partial charge >= 0.3 is 0 Å². The first-order valence-corrected chi connectivity index (χ1v) is 9.33. The molecule has 0 aliphatic heterocycles. The quantitative estimate of drug-likeness (QED) is 0.319. The van der Waals surface area contributed by atoms with Crippen LogP contribution in [0.5, 0.6) is 0 Å². The highest BCUT2D eigenvalue weighted by molar-refractivity contribution is 6.11. The molecule has 146 valence electrons. The number of nitro groups is 1. The summed E-state index contributed by atoms with van der Waals surface area (Å²) < 4.78 is 0. The molecule has 0 saturated carbocycles. The Kier molecular flexibility index (Phi) is 6.19. The topological polar surface area (TPSA) is 67.5 Å². The van der Waals surface area contributed by atoms with Crippen molar-refractivity contribution in [2.24, 2.45) is 5.10 Å². The van der Waals surface area contributed by atoms with E-state index < -0.39 is 4.92 Å².